The van der Waals surface area contributed by atoms with Crippen LogP contribution in [-0.2, 0) is 17.6 Å². The van der Waals surface area contributed by atoms with Gasteiger partial charge in [0.1, 0.15) is 0 Å². The van der Waals surface area contributed by atoms with Gasteiger partial charge in [-0.15, -0.1) is 0 Å². The lowest BCUT2D eigenvalue weighted by Crippen LogP contribution is -2.40. The number of hydrogen-bond donors (Lipinski definition) is 1. The summed E-state index contributed by atoms with van der Waals surface area (Å²) in [6, 6.07) is 6.87. The molecule has 0 radical (unpaired) electrons. The number of aryl methyl sites for hydroxylation is 1. The molecule has 1 aromatic carbocycles. The molecule has 1 atom stereocenters. The standard InChI is InChI=1S/C19H26N2O2/c22-19(21(16-8-9-16)12-14-10-11-23-13-14)20-18-7-3-5-15-4-1-2-6-17(15)18/h3,5,7,14,16H,1-2,4,6,8-13H2,(H,20,22). The number of nitrogens with one attached hydrogen (secondary N) is 1. The lowest BCUT2D eigenvalue weighted by Gasteiger charge is -2.27. The van der Waals surface area contributed by atoms with Gasteiger partial charge in [-0.1, -0.05) is 12.1 Å². The normalized spacial score (nSPS) is 23.4. The molecule has 1 aliphatic heterocycles. The number of benzene rings is 1. The van der Waals surface area contributed by atoms with Crippen molar-refractivity contribution in [1.82, 2.24) is 4.90 Å². The molecule has 23 heavy (non-hydrogen) atoms. The summed E-state index contributed by atoms with van der Waals surface area (Å²) in [7, 11) is 0. The highest BCUT2D eigenvalue weighted by Crippen LogP contribution is 2.31. The molecule has 1 heterocycles. The molecular formula is C19H26N2O2. The number of rotatable bonds is 4. The van der Waals surface area contributed by atoms with Gasteiger partial charge < -0.3 is 15.0 Å². The van der Waals surface area contributed by atoms with E-state index in [4.69, 9.17) is 4.74 Å². The van der Waals surface area contributed by atoms with Crippen LogP contribution in [0.5, 0.6) is 0 Å². The zero-order chi connectivity index (χ0) is 15.6. The third kappa shape index (κ3) is 3.37. The number of nitrogens with zero attached hydrogens (tertiary/aromatic N) is 1. The first kappa shape index (κ1) is 15.0. The Kier molecular flexibility index (Phi) is 4.25. The van der Waals surface area contributed by atoms with Crippen molar-refractivity contribution >= 4 is 11.7 Å². The molecule has 0 aromatic heterocycles. The highest BCUT2D eigenvalue weighted by atomic mass is 16.5. The van der Waals surface area contributed by atoms with Gasteiger partial charge in [0.05, 0.1) is 6.61 Å². The van der Waals surface area contributed by atoms with Gasteiger partial charge in [-0.05, 0) is 62.1 Å². The number of carbonyl (C=O) groups is 1. The van der Waals surface area contributed by atoms with Crippen LogP contribution in [0.4, 0.5) is 10.5 Å². The predicted molar refractivity (Wildman–Crippen MR) is 90.8 cm³/mol. The molecule has 1 unspecified atom stereocenters. The van der Waals surface area contributed by atoms with E-state index in [9.17, 15) is 4.79 Å². The highest BCUT2D eigenvalue weighted by molar-refractivity contribution is 5.91. The van der Waals surface area contributed by atoms with Crippen LogP contribution < -0.4 is 5.32 Å². The quantitative estimate of drug-likeness (QED) is 0.922. The number of amides is 2. The second kappa shape index (κ2) is 6.52. The Morgan fingerprint density at radius 1 is 1.22 bits per heavy atom. The van der Waals surface area contributed by atoms with E-state index in [1.165, 1.54) is 24.0 Å². The highest BCUT2D eigenvalue weighted by Gasteiger charge is 2.35. The van der Waals surface area contributed by atoms with Gasteiger partial charge in [-0.3, -0.25) is 0 Å². The summed E-state index contributed by atoms with van der Waals surface area (Å²) in [5.41, 5.74) is 3.80. The smallest absolute Gasteiger partial charge is 0.322 e. The summed E-state index contributed by atoms with van der Waals surface area (Å²) in [6.07, 6.45) is 8.10. The van der Waals surface area contributed by atoms with Crippen molar-refractivity contribution in [3.63, 3.8) is 0 Å². The van der Waals surface area contributed by atoms with E-state index in [0.717, 1.165) is 57.6 Å². The molecule has 0 spiro atoms. The number of carbonyl (C=O) groups excluding carboxylic acids is 1. The van der Waals surface area contributed by atoms with Gasteiger partial charge in [-0.25, -0.2) is 4.79 Å². The summed E-state index contributed by atoms with van der Waals surface area (Å²) in [5.74, 6) is 0.506. The molecule has 124 valence electrons. The van der Waals surface area contributed by atoms with Crippen molar-refractivity contribution in [3.8, 4) is 0 Å². The van der Waals surface area contributed by atoms with Gasteiger partial charge in [0.2, 0.25) is 0 Å². The Bertz CT molecular complexity index is 577. The molecule has 4 heteroatoms. The topological polar surface area (TPSA) is 41.6 Å². The van der Waals surface area contributed by atoms with Crippen LogP contribution in [-0.4, -0.2) is 36.7 Å². The van der Waals surface area contributed by atoms with E-state index in [0.29, 0.717) is 12.0 Å². The van der Waals surface area contributed by atoms with Crippen LogP contribution in [0.2, 0.25) is 0 Å². The monoisotopic (exact) mass is 314 g/mol. The van der Waals surface area contributed by atoms with E-state index in [1.807, 2.05) is 0 Å². The average molecular weight is 314 g/mol. The predicted octanol–water partition coefficient (Wildman–Crippen LogP) is 3.60. The van der Waals surface area contributed by atoms with Crippen LogP contribution >= 0.6 is 0 Å². The van der Waals surface area contributed by atoms with E-state index in [2.05, 4.69) is 28.4 Å². The Hall–Kier alpha value is -1.55. The molecule has 1 saturated heterocycles. The van der Waals surface area contributed by atoms with Gasteiger partial charge in [-0.2, -0.15) is 0 Å². The first-order valence-electron chi connectivity index (χ1n) is 9.07. The lowest BCUT2D eigenvalue weighted by atomic mass is 9.90. The Morgan fingerprint density at radius 2 is 2.09 bits per heavy atom. The van der Waals surface area contributed by atoms with Crippen LogP contribution in [0.3, 0.4) is 0 Å². The maximum Gasteiger partial charge on any atom is 0.322 e. The second-order valence-electron chi connectivity index (χ2n) is 7.19. The minimum atomic E-state index is 0.0818. The largest absolute Gasteiger partial charge is 0.381 e. The minimum absolute atomic E-state index is 0.0818. The first-order valence-corrected chi connectivity index (χ1v) is 9.07. The number of ether oxygens (including phenoxy) is 1. The SMILES string of the molecule is O=C(Nc1cccc2c1CCCC2)N(CC1CCOC1)C1CC1. The van der Waals surface area contributed by atoms with Crippen molar-refractivity contribution in [1.29, 1.82) is 0 Å². The molecule has 0 bridgehead atoms. The number of urea groups is 1. The summed E-state index contributed by atoms with van der Waals surface area (Å²) in [6.45, 7) is 2.49. The fourth-order valence-electron chi connectivity index (χ4n) is 3.87. The Morgan fingerprint density at radius 3 is 2.87 bits per heavy atom. The van der Waals surface area contributed by atoms with E-state index in [1.54, 1.807) is 0 Å². The summed E-state index contributed by atoms with van der Waals surface area (Å²) < 4.78 is 5.47. The molecule has 3 aliphatic rings. The average Bonchev–Trinajstić information content (AvgIpc) is 3.29. The molecule has 2 aliphatic carbocycles. The molecule has 2 fully saturated rings. The molecule has 2 amide bonds. The molecule has 4 nitrogen and oxygen atoms in total. The Labute approximate surface area is 138 Å². The van der Waals surface area contributed by atoms with E-state index in [-0.39, 0.29) is 6.03 Å². The Balaban J connectivity index is 1.47. The van der Waals surface area contributed by atoms with Gasteiger partial charge in [0.25, 0.3) is 0 Å². The van der Waals surface area contributed by atoms with Crippen molar-refractivity contribution in [2.24, 2.45) is 5.92 Å². The first-order chi connectivity index (χ1) is 11.3. The maximum absolute atomic E-state index is 12.8. The number of fused-ring (bicyclic) bond motifs is 1. The van der Waals surface area contributed by atoms with E-state index >= 15 is 0 Å². The molecule has 4 rings (SSSR count). The number of hydrogen-bond acceptors (Lipinski definition) is 2. The minimum Gasteiger partial charge on any atom is -0.381 e. The fraction of sp³-hybridized carbons (Fsp3) is 0.632. The summed E-state index contributed by atoms with van der Waals surface area (Å²) in [5, 5.41) is 3.21. The van der Waals surface area contributed by atoms with Gasteiger partial charge >= 0.3 is 6.03 Å². The molecular weight excluding hydrogens is 288 g/mol. The maximum atomic E-state index is 12.8. The third-order valence-electron chi connectivity index (χ3n) is 5.36. The third-order valence-corrected chi connectivity index (χ3v) is 5.36. The molecule has 1 aromatic rings. The second-order valence-corrected chi connectivity index (χ2v) is 7.19. The van der Waals surface area contributed by atoms with Gasteiger partial charge in [0, 0.05) is 30.8 Å². The summed E-state index contributed by atoms with van der Waals surface area (Å²) in [4.78, 5) is 14.9. The van der Waals surface area contributed by atoms with Crippen LogP contribution in [0.15, 0.2) is 18.2 Å². The van der Waals surface area contributed by atoms with Crippen molar-refractivity contribution in [3.05, 3.63) is 29.3 Å². The van der Waals surface area contributed by atoms with E-state index < -0.39 is 0 Å². The van der Waals surface area contributed by atoms with Crippen molar-refractivity contribution < 1.29 is 9.53 Å². The van der Waals surface area contributed by atoms with Crippen molar-refractivity contribution in [2.45, 2.75) is 51.0 Å². The van der Waals surface area contributed by atoms with Crippen LogP contribution in [0.1, 0.15) is 43.2 Å². The van der Waals surface area contributed by atoms with Crippen LogP contribution in [0.25, 0.3) is 0 Å². The van der Waals surface area contributed by atoms with Crippen molar-refractivity contribution in [2.75, 3.05) is 25.1 Å². The number of anilines is 1. The molecule has 1 saturated carbocycles. The van der Waals surface area contributed by atoms with Crippen LogP contribution in [0, 0.1) is 5.92 Å². The summed E-state index contributed by atoms with van der Waals surface area (Å²) >= 11 is 0. The zero-order valence-corrected chi connectivity index (χ0v) is 13.7. The van der Waals surface area contributed by atoms with Gasteiger partial charge in [0.15, 0.2) is 0 Å². The molecule has 1 N–H and O–H groups in total. The zero-order valence-electron chi connectivity index (χ0n) is 13.7. The fourth-order valence-corrected chi connectivity index (χ4v) is 3.87. The lowest BCUT2D eigenvalue weighted by molar-refractivity contribution is 0.167.